The summed E-state index contributed by atoms with van der Waals surface area (Å²) in [5.74, 6) is -0.934. The lowest BCUT2D eigenvalue weighted by molar-refractivity contribution is 0.0520. The van der Waals surface area contributed by atoms with E-state index in [1.54, 1.807) is 13.0 Å². The standard InChI is InChI=1S/C18H24FN3O3/c1-3-5-6-7-10-24-12-13-11-14(19)8-9-15(13)16-17(21-22-20-16)18(23)25-4-2/h8-9,11H,3-7,10,12H2,1-2H3,(H,20,21,22). The summed E-state index contributed by atoms with van der Waals surface area (Å²) in [5.41, 5.74) is 1.64. The highest BCUT2D eigenvalue weighted by Gasteiger charge is 2.21. The van der Waals surface area contributed by atoms with Gasteiger partial charge in [0.2, 0.25) is 0 Å². The predicted octanol–water partition coefficient (Wildman–Crippen LogP) is 3.88. The van der Waals surface area contributed by atoms with Crippen LogP contribution in [-0.2, 0) is 16.1 Å². The van der Waals surface area contributed by atoms with Gasteiger partial charge in [0, 0.05) is 12.2 Å². The normalized spacial score (nSPS) is 10.8. The van der Waals surface area contributed by atoms with E-state index in [0.29, 0.717) is 23.4 Å². The molecule has 25 heavy (non-hydrogen) atoms. The van der Waals surface area contributed by atoms with Crippen molar-refractivity contribution in [2.45, 2.75) is 46.1 Å². The number of esters is 1. The van der Waals surface area contributed by atoms with Gasteiger partial charge in [0.25, 0.3) is 0 Å². The fraction of sp³-hybridized carbons (Fsp3) is 0.500. The SMILES string of the molecule is CCCCCCOCc1cc(F)ccc1-c1n[nH]nc1C(=O)OCC. The summed E-state index contributed by atoms with van der Waals surface area (Å²) in [5, 5.41) is 10.3. The lowest BCUT2D eigenvalue weighted by Crippen LogP contribution is -2.07. The number of ether oxygens (including phenoxy) is 2. The molecule has 2 rings (SSSR count). The molecule has 1 heterocycles. The van der Waals surface area contributed by atoms with Gasteiger partial charge in [-0.1, -0.05) is 26.2 Å². The maximum absolute atomic E-state index is 13.7. The third kappa shape index (κ3) is 5.35. The number of hydrogen-bond acceptors (Lipinski definition) is 5. The minimum atomic E-state index is -0.568. The Kier molecular flexibility index (Phi) is 7.53. The quantitative estimate of drug-likeness (QED) is 0.520. The molecule has 0 amide bonds. The van der Waals surface area contributed by atoms with Crippen LogP contribution in [0.15, 0.2) is 18.2 Å². The Labute approximate surface area is 146 Å². The molecule has 0 fully saturated rings. The van der Waals surface area contributed by atoms with Crippen molar-refractivity contribution in [1.29, 1.82) is 0 Å². The number of carbonyl (C=O) groups excluding carboxylic acids is 1. The van der Waals surface area contributed by atoms with Crippen molar-refractivity contribution >= 4 is 5.97 Å². The number of aromatic nitrogens is 3. The van der Waals surface area contributed by atoms with Crippen molar-refractivity contribution in [3.63, 3.8) is 0 Å². The lowest BCUT2D eigenvalue weighted by Gasteiger charge is -2.10. The fourth-order valence-electron chi connectivity index (χ4n) is 2.49. The van der Waals surface area contributed by atoms with Crippen LogP contribution in [0.3, 0.4) is 0 Å². The molecule has 0 spiro atoms. The molecular weight excluding hydrogens is 325 g/mol. The van der Waals surface area contributed by atoms with Crippen molar-refractivity contribution in [1.82, 2.24) is 15.4 Å². The first-order chi connectivity index (χ1) is 12.2. The number of rotatable bonds is 10. The summed E-state index contributed by atoms with van der Waals surface area (Å²) >= 11 is 0. The topological polar surface area (TPSA) is 77.1 Å². The molecule has 136 valence electrons. The number of hydrogen-bond donors (Lipinski definition) is 1. The summed E-state index contributed by atoms with van der Waals surface area (Å²) in [4.78, 5) is 12.0. The second kappa shape index (κ2) is 9.88. The maximum atomic E-state index is 13.7. The first-order valence-electron chi connectivity index (χ1n) is 8.61. The molecule has 1 aromatic carbocycles. The number of nitrogens with zero attached hydrogens (tertiary/aromatic N) is 2. The Morgan fingerprint density at radius 1 is 1.20 bits per heavy atom. The molecule has 6 nitrogen and oxygen atoms in total. The molecule has 2 aromatic rings. The Balaban J connectivity index is 2.13. The average molecular weight is 349 g/mol. The van der Waals surface area contributed by atoms with Crippen LogP contribution < -0.4 is 0 Å². The van der Waals surface area contributed by atoms with E-state index >= 15 is 0 Å². The van der Waals surface area contributed by atoms with Crippen LogP contribution in [-0.4, -0.2) is 34.6 Å². The number of aromatic amines is 1. The zero-order chi connectivity index (χ0) is 18.1. The second-order valence-corrected chi connectivity index (χ2v) is 5.66. The van der Waals surface area contributed by atoms with Gasteiger partial charge in [0.1, 0.15) is 11.5 Å². The molecule has 0 aliphatic carbocycles. The third-order valence-corrected chi connectivity index (χ3v) is 3.74. The highest BCUT2D eigenvalue weighted by Crippen LogP contribution is 2.26. The minimum Gasteiger partial charge on any atom is -0.461 e. The average Bonchev–Trinajstić information content (AvgIpc) is 3.08. The van der Waals surface area contributed by atoms with Crippen LogP contribution in [0.5, 0.6) is 0 Å². The van der Waals surface area contributed by atoms with E-state index in [-0.39, 0.29) is 24.7 Å². The number of halogens is 1. The number of benzene rings is 1. The van der Waals surface area contributed by atoms with Crippen LogP contribution in [0.25, 0.3) is 11.3 Å². The molecule has 0 unspecified atom stereocenters. The van der Waals surface area contributed by atoms with Crippen LogP contribution in [0.2, 0.25) is 0 Å². The third-order valence-electron chi connectivity index (χ3n) is 3.74. The first kappa shape index (κ1) is 19.1. The van der Waals surface area contributed by atoms with E-state index in [1.165, 1.54) is 18.6 Å². The highest BCUT2D eigenvalue weighted by molar-refractivity contribution is 5.94. The van der Waals surface area contributed by atoms with Crippen LogP contribution >= 0.6 is 0 Å². The zero-order valence-corrected chi connectivity index (χ0v) is 14.7. The van der Waals surface area contributed by atoms with E-state index in [4.69, 9.17) is 9.47 Å². The number of H-pyrrole nitrogens is 1. The van der Waals surface area contributed by atoms with Gasteiger partial charge in [-0.05, 0) is 37.1 Å². The lowest BCUT2D eigenvalue weighted by atomic mass is 10.0. The van der Waals surface area contributed by atoms with E-state index in [1.807, 2.05) is 0 Å². The van der Waals surface area contributed by atoms with Gasteiger partial charge in [-0.2, -0.15) is 10.3 Å². The Hall–Kier alpha value is -2.28. The Morgan fingerprint density at radius 2 is 2.04 bits per heavy atom. The van der Waals surface area contributed by atoms with Gasteiger partial charge >= 0.3 is 5.97 Å². The van der Waals surface area contributed by atoms with Crippen molar-refractivity contribution in [2.24, 2.45) is 0 Å². The van der Waals surface area contributed by atoms with Crippen molar-refractivity contribution < 1.29 is 18.7 Å². The van der Waals surface area contributed by atoms with Gasteiger partial charge in [-0.15, -0.1) is 5.10 Å². The summed E-state index contributed by atoms with van der Waals surface area (Å²) < 4.78 is 24.3. The van der Waals surface area contributed by atoms with Crippen molar-refractivity contribution in [3.05, 3.63) is 35.3 Å². The first-order valence-corrected chi connectivity index (χ1v) is 8.61. The van der Waals surface area contributed by atoms with Gasteiger partial charge in [-0.25, -0.2) is 9.18 Å². The molecule has 0 saturated heterocycles. The summed E-state index contributed by atoms with van der Waals surface area (Å²) in [6.07, 6.45) is 4.42. The number of unbranched alkanes of at least 4 members (excludes halogenated alkanes) is 3. The molecule has 7 heteroatoms. The van der Waals surface area contributed by atoms with Crippen molar-refractivity contribution in [3.8, 4) is 11.3 Å². The molecule has 0 aliphatic rings. The molecule has 1 N–H and O–H groups in total. The fourth-order valence-corrected chi connectivity index (χ4v) is 2.49. The van der Waals surface area contributed by atoms with E-state index in [9.17, 15) is 9.18 Å². The van der Waals surface area contributed by atoms with Crippen LogP contribution in [0.1, 0.15) is 55.6 Å². The van der Waals surface area contributed by atoms with Crippen LogP contribution in [0.4, 0.5) is 4.39 Å². The maximum Gasteiger partial charge on any atom is 0.361 e. The molecule has 1 aromatic heterocycles. The zero-order valence-electron chi connectivity index (χ0n) is 14.7. The van der Waals surface area contributed by atoms with Gasteiger partial charge in [0.05, 0.1) is 13.2 Å². The monoisotopic (exact) mass is 349 g/mol. The van der Waals surface area contributed by atoms with Crippen LogP contribution in [0, 0.1) is 5.82 Å². The van der Waals surface area contributed by atoms with E-state index in [2.05, 4.69) is 22.3 Å². The predicted molar refractivity (Wildman–Crippen MR) is 91.5 cm³/mol. The number of carbonyl (C=O) groups is 1. The molecule has 0 saturated carbocycles. The summed E-state index contributed by atoms with van der Waals surface area (Å²) in [6.45, 7) is 4.96. The van der Waals surface area contributed by atoms with E-state index < -0.39 is 5.97 Å². The smallest absolute Gasteiger partial charge is 0.361 e. The molecular formula is C18H24FN3O3. The Bertz CT molecular complexity index is 688. The van der Waals surface area contributed by atoms with Gasteiger partial charge < -0.3 is 9.47 Å². The molecule has 0 atom stereocenters. The molecule has 0 radical (unpaired) electrons. The number of nitrogens with one attached hydrogen (secondary N) is 1. The summed E-state index contributed by atoms with van der Waals surface area (Å²) in [7, 11) is 0. The van der Waals surface area contributed by atoms with Gasteiger partial charge in [0.15, 0.2) is 5.69 Å². The molecule has 0 bridgehead atoms. The molecule has 0 aliphatic heterocycles. The second-order valence-electron chi connectivity index (χ2n) is 5.66. The highest BCUT2D eigenvalue weighted by atomic mass is 19.1. The summed E-state index contributed by atoms with van der Waals surface area (Å²) in [6, 6.07) is 4.29. The minimum absolute atomic E-state index is 0.0812. The Morgan fingerprint density at radius 3 is 2.80 bits per heavy atom. The largest absolute Gasteiger partial charge is 0.461 e. The van der Waals surface area contributed by atoms with Gasteiger partial charge in [-0.3, -0.25) is 0 Å². The van der Waals surface area contributed by atoms with E-state index in [0.717, 1.165) is 19.3 Å². The van der Waals surface area contributed by atoms with Crippen molar-refractivity contribution in [2.75, 3.05) is 13.2 Å².